The van der Waals surface area contributed by atoms with Crippen molar-refractivity contribution in [1.82, 2.24) is 29.3 Å². The number of carbonyl (C=O) groups is 1. The molecule has 0 spiro atoms. The summed E-state index contributed by atoms with van der Waals surface area (Å²) in [6.07, 6.45) is 2.96. The zero-order valence-electron chi connectivity index (χ0n) is 22.7. The minimum atomic E-state index is -0.263. The van der Waals surface area contributed by atoms with Gasteiger partial charge in [-0.25, -0.2) is 14.8 Å². The van der Waals surface area contributed by atoms with E-state index in [4.69, 9.17) is 24.7 Å². The SMILES string of the molecule is Cc1nc2cc(-c3cn4c(n3)CNCC4)c(O[C@H]3CCN4C(=O)OC[C@@H]4C3)cc2c(=O)n1Cc1ccc(C#N)cc1. The number of aryl methyl sites for hydroxylation is 1. The van der Waals surface area contributed by atoms with Crippen LogP contribution >= 0.6 is 0 Å². The number of ether oxygens (including phenoxy) is 2. The average molecular weight is 552 g/mol. The zero-order chi connectivity index (χ0) is 28.1. The molecule has 0 saturated carbocycles. The van der Waals surface area contributed by atoms with Gasteiger partial charge < -0.3 is 24.3 Å². The van der Waals surface area contributed by atoms with Crippen molar-refractivity contribution in [3.05, 3.63) is 75.7 Å². The normalized spacial score (nSPS) is 19.9. The van der Waals surface area contributed by atoms with Gasteiger partial charge in [0.15, 0.2) is 0 Å². The van der Waals surface area contributed by atoms with E-state index in [9.17, 15) is 9.59 Å². The Balaban J connectivity index is 1.29. The first kappa shape index (κ1) is 25.3. The highest BCUT2D eigenvalue weighted by Crippen LogP contribution is 2.36. The van der Waals surface area contributed by atoms with Crippen LogP contribution in [0.3, 0.4) is 0 Å². The van der Waals surface area contributed by atoms with Gasteiger partial charge in [0.1, 0.15) is 30.1 Å². The van der Waals surface area contributed by atoms with Crippen LogP contribution in [0.5, 0.6) is 5.75 Å². The molecule has 2 saturated heterocycles. The molecular formula is C30H29N7O4. The standard InChI is InChI=1S/C30H29N7O4/c1-18-33-25-11-23(26-16-35-9-7-32-14-28(35)34-26)27(41-22-6-8-36-21(10-22)17-40-30(36)39)12-24(25)29(38)37(18)15-20-4-2-19(13-31)3-5-20/h2-5,11-12,16,21-22,32H,6-10,14-15,17H2,1H3/t21-,22-/m0/s1. The maximum absolute atomic E-state index is 13.8. The van der Waals surface area contributed by atoms with Gasteiger partial charge in [0.2, 0.25) is 0 Å². The van der Waals surface area contributed by atoms with Crippen molar-refractivity contribution in [3.63, 3.8) is 0 Å². The van der Waals surface area contributed by atoms with Crippen molar-refractivity contribution in [1.29, 1.82) is 5.26 Å². The van der Waals surface area contributed by atoms with E-state index in [1.165, 1.54) is 0 Å². The predicted octanol–water partition coefficient (Wildman–Crippen LogP) is 2.95. The summed E-state index contributed by atoms with van der Waals surface area (Å²) in [6, 6.07) is 13.0. The van der Waals surface area contributed by atoms with Gasteiger partial charge in [-0.05, 0) is 36.8 Å². The first-order valence-electron chi connectivity index (χ1n) is 13.9. The van der Waals surface area contributed by atoms with Crippen molar-refractivity contribution >= 4 is 17.0 Å². The number of hydrogen-bond acceptors (Lipinski definition) is 8. The van der Waals surface area contributed by atoms with Gasteiger partial charge in [0.05, 0.1) is 47.4 Å². The molecule has 0 radical (unpaired) electrons. The Labute approximate surface area is 235 Å². The van der Waals surface area contributed by atoms with Crippen LogP contribution in [0.15, 0.2) is 47.4 Å². The van der Waals surface area contributed by atoms with E-state index in [2.05, 4.69) is 16.0 Å². The lowest BCUT2D eigenvalue weighted by atomic mass is 10.0. The van der Waals surface area contributed by atoms with E-state index in [1.807, 2.05) is 31.3 Å². The molecule has 2 aromatic carbocycles. The van der Waals surface area contributed by atoms with Gasteiger partial charge in [-0.15, -0.1) is 0 Å². The topological polar surface area (TPSA) is 127 Å². The van der Waals surface area contributed by atoms with Crippen molar-refractivity contribution < 1.29 is 14.3 Å². The molecule has 41 heavy (non-hydrogen) atoms. The van der Waals surface area contributed by atoms with Gasteiger partial charge >= 0.3 is 6.09 Å². The Hall–Kier alpha value is -4.69. The Morgan fingerprint density at radius 3 is 2.83 bits per heavy atom. The van der Waals surface area contributed by atoms with Crippen molar-refractivity contribution in [2.24, 2.45) is 0 Å². The molecule has 7 rings (SSSR count). The van der Waals surface area contributed by atoms with Crippen LogP contribution in [0.1, 0.15) is 35.6 Å². The van der Waals surface area contributed by atoms with Gasteiger partial charge in [-0.2, -0.15) is 5.26 Å². The fourth-order valence-electron chi connectivity index (χ4n) is 5.98. The molecule has 2 fully saturated rings. The quantitative estimate of drug-likeness (QED) is 0.401. The number of cyclic esters (lactones) is 1. The van der Waals surface area contributed by atoms with E-state index in [-0.39, 0.29) is 23.8 Å². The number of fused-ring (bicyclic) bond motifs is 3. The van der Waals surface area contributed by atoms with Gasteiger partial charge in [0.25, 0.3) is 5.56 Å². The maximum Gasteiger partial charge on any atom is 0.410 e. The fraction of sp³-hybridized carbons (Fsp3) is 0.367. The summed E-state index contributed by atoms with van der Waals surface area (Å²) >= 11 is 0. The number of imidazole rings is 1. The molecule has 3 aliphatic heterocycles. The number of rotatable bonds is 5. The maximum atomic E-state index is 13.8. The summed E-state index contributed by atoms with van der Waals surface area (Å²) in [4.78, 5) is 37.3. The Morgan fingerprint density at radius 1 is 1.17 bits per heavy atom. The molecule has 0 aliphatic carbocycles. The summed E-state index contributed by atoms with van der Waals surface area (Å²) in [5, 5.41) is 12.9. The minimum Gasteiger partial charge on any atom is -0.490 e. The Morgan fingerprint density at radius 2 is 2.02 bits per heavy atom. The van der Waals surface area contributed by atoms with E-state index in [0.717, 1.165) is 35.7 Å². The Kier molecular flexibility index (Phi) is 6.20. The molecule has 2 aromatic heterocycles. The van der Waals surface area contributed by atoms with Gasteiger partial charge in [-0.1, -0.05) is 12.1 Å². The number of amides is 1. The fourth-order valence-corrected chi connectivity index (χ4v) is 5.98. The minimum absolute atomic E-state index is 0.00915. The van der Waals surface area contributed by atoms with Crippen molar-refractivity contribution in [2.45, 2.75) is 51.5 Å². The van der Waals surface area contributed by atoms with Gasteiger partial charge in [0, 0.05) is 44.2 Å². The third-order valence-electron chi connectivity index (χ3n) is 8.21. The predicted molar refractivity (Wildman–Crippen MR) is 149 cm³/mol. The second-order valence-electron chi connectivity index (χ2n) is 10.8. The molecule has 3 aliphatic rings. The van der Waals surface area contributed by atoms with Crippen LogP contribution in [0.2, 0.25) is 0 Å². The smallest absolute Gasteiger partial charge is 0.410 e. The van der Waals surface area contributed by atoms with E-state index >= 15 is 0 Å². The number of nitriles is 1. The lowest BCUT2D eigenvalue weighted by Crippen LogP contribution is -2.44. The molecule has 5 heterocycles. The molecule has 4 aromatic rings. The van der Waals surface area contributed by atoms with Gasteiger partial charge in [-0.3, -0.25) is 9.36 Å². The van der Waals surface area contributed by atoms with E-state index < -0.39 is 0 Å². The van der Waals surface area contributed by atoms with Crippen LogP contribution in [-0.4, -0.2) is 61.9 Å². The van der Waals surface area contributed by atoms with Crippen LogP contribution < -0.4 is 15.6 Å². The lowest BCUT2D eigenvalue weighted by molar-refractivity contribution is 0.0941. The molecule has 0 bridgehead atoms. The third kappa shape index (κ3) is 4.60. The highest BCUT2D eigenvalue weighted by atomic mass is 16.6. The van der Waals surface area contributed by atoms with Crippen molar-refractivity contribution in [3.8, 4) is 23.1 Å². The third-order valence-corrected chi connectivity index (χ3v) is 8.21. The zero-order valence-corrected chi connectivity index (χ0v) is 22.7. The first-order chi connectivity index (χ1) is 20.0. The number of carbonyl (C=O) groups excluding carboxylic acids is 1. The molecule has 208 valence electrons. The summed E-state index contributed by atoms with van der Waals surface area (Å²) in [5.74, 6) is 2.13. The van der Waals surface area contributed by atoms with E-state index in [0.29, 0.717) is 67.1 Å². The number of nitrogens with zero attached hydrogens (tertiary/aromatic N) is 6. The van der Waals surface area contributed by atoms with Crippen LogP contribution in [0, 0.1) is 18.3 Å². The summed E-state index contributed by atoms with van der Waals surface area (Å²) in [7, 11) is 0. The summed E-state index contributed by atoms with van der Waals surface area (Å²) in [6.45, 7) is 5.50. The number of hydrogen-bond donors (Lipinski definition) is 1. The van der Waals surface area contributed by atoms with Crippen LogP contribution in [-0.2, 0) is 24.4 Å². The largest absolute Gasteiger partial charge is 0.490 e. The summed E-state index contributed by atoms with van der Waals surface area (Å²) in [5.41, 5.74) is 3.46. The molecule has 1 N–H and O–H groups in total. The molecule has 2 atom stereocenters. The highest BCUT2D eigenvalue weighted by molar-refractivity contribution is 5.87. The lowest BCUT2D eigenvalue weighted by Gasteiger charge is -2.33. The highest BCUT2D eigenvalue weighted by Gasteiger charge is 2.39. The first-order valence-corrected chi connectivity index (χ1v) is 13.9. The van der Waals surface area contributed by atoms with Crippen LogP contribution in [0.4, 0.5) is 4.79 Å². The summed E-state index contributed by atoms with van der Waals surface area (Å²) < 4.78 is 15.7. The second-order valence-corrected chi connectivity index (χ2v) is 10.8. The number of aromatic nitrogens is 4. The van der Waals surface area contributed by atoms with Crippen molar-refractivity contribution in [2.75, 3.05) is 19.7 Å². The molecule has 1 amide bonds. The number of benzene rings is 2. The average Bonchev–Trinajstić information content (AvgIpc) is 3.59. The number of piperidine rings is 1. The second kappa shape index (κ2) is 10.1. The molecular weight excluding hydrogens is 522 g/mol. The molecule has 0 unspecified atom stereocenters. The van der Waals surface area contributed by atoms with E-state index in [1.54, 1.807) is 27.7 Å². The molecule has 11 nitrogen and oxygen atoms in total. The molecule has 11 heteroatoms. The monoisotopic (exact) mass is 551 g/mol. The van der Waals surface area contributed by atoms with Crippen LogP contribution in [0.25, 0.3) is 22.2 Å². The number of nitrogens with one attached hydrogen (secondary N) is 1. The Bertz CT molecular complexity index is 1750.